The number of benzene rings is 6. The van der Waals surface area contributed by atoms with Gasteiger partial charge in [0.25, 0.3) is 0 Å². The molecule has 0 saturated heterocycles. The first-order valence-corrected chi connectivity index (χ1v) is 15.0. The third-order valence-electron chi connectivity index (χ3n) is 8.43. The first-order chi connectivity index (χ1) is 22.3. The molecule has 3 aliphatic heterocycles. The molecule has 9 rings (SSSR count). The molecular weight excluding hydrogens is 558 g/mol. The minimum Gasteiger partial charge on any atom is -0.453 e. The SMILES string of the molecule is c1cc(N2CC(c3ccc(N4c5ccccc5Oc5ccccc54)cc3)N=N2)cc(N2c3ccccc3Oc3ccccc32)c1. The van der Waals surface area contributed by atoms with Crippen LogP contribution in [0.5, 0.6) is 23.0 Å². The second-order valence-electron chi connectivity index (χ2n) is 11.2. The molecule has 6 aromatic carbocycles. The monoisotopic (exact) mass is 585 g/mol. The summed E-state index contributed by atoms with van der Waals surface area (Å²) >= 11 is 0. The van der Waals surface area contributed by atoms with E-state index in [1.54, 1.807) is 0 Å². The summed E-state index contributed by atoms with van der Waals surface area (Å²) in [5.41, 5.74) is 8.23. The van der Waals surface area contributed by atoms with E-state index >= 15 is 0 Å². The zero-order valence-electron chi connectivity index (χ0n) is 24.2. The van der Waals surface area contributed by atoms with Gasteiger partial charge in [0.05, 0.1) is 35.0 Å². The summed E-state index contributed by atoms with van der Waals surface area (Å²) in [7, 11) is 0. The van der Waals surface area contributed by atoms with Gasteiger partial charge in [-0.2, -0.15) is 5.11 Å². The molecule has 216 valence electrons. The number of nitrogens with zero attached hydrogens (tertiary/aromatic N) is 5. The standard InChI is InChI=1S/C38H27N5O2/c1-5-16-35-31(12-1)42(32-13-2-6-17-36(32)44-35)27-22-20-26(21-23-27)30-25-41(40-39-30)28-10-9-11-29(24-28)43-33-14-3-7-18-37(33)45-38-19-8-4-15-34(38)43/h1-24,30H,25H2. The van der Waals surface area contributed by atoms with E-state index in [2.05, 4.69) is 92.9 Å². The fraction of sp³-hybridized carbons (Fsp3) is 0.0526. The van der Waals surface area contributed by atoms with Gasteiger partial charge in [0.15, 0.2) is 23.0 Å². The van der Waals surface area contributed by atoms with Crippen LogP contribution in [-0.4, -0.2) is 6.54 Å². The zero-order valence-corrected chi connectivity index (χ0v) is 24.2. The molecule has 7 heteroatoms. The smallest absolute Gasteiger partial charge is 0.151 e. The lowest BCUT2D eigenvalue weighted by atomic mass is 10.1. The molecule has 0 aliphatic carbocycles. The average Bonchev–Trinajstić information content (AvgIpc) is 3.60. The number of hydrogen-bond acceptors (Lipinski definition) is 7. The molecule has 0 fully saturated rings. The normalized spacial score (nSPS) is 15.8. The molecule has 0 bridgehead atoms. The van der Waals surface area contributed by atoms with Gasteiger partial charge < -0.3 is 19.3 Å². The molecule has 0 N–H and O–H groups in total. The Labute approximate surface area is 260 Å². The Morgan fingerprint density at radius 3 is 1.47 bits per heavy atom. The highest BCUT2D eigenvalue weighted by Gasteiger charge is 2.28. The van der Waals surface area contributed by atoms with Crippen molar-refractivity contribution in [3.05, 3.63) is 151 Å². The fourth-order valence-corrected chi connectivity index (χ4v) is 6.29. The number of ether oxygens (including phenoxy) is 2. The molecule has 6 aromatic rings. The van der Waals surface area contributed by atoms with Crippen LogP contribution in [0.1, 0.15) is 11.6 Å². The highest BCUT2D eigenvalue weighted by Crippen LogP contribution is 2.52. The van der Waals surface area contributed by atoms with E-state index in [4.69, 9.17) is 9.47 Å². The van der Waals surface area contributed by atoms with Crippen molar-refractivity contribution in [3.63, 3.8) is 0 Å². The summed E-state index contributed by atoms with van der Waals surface area (Å²) in [5.74, 6) is 3.34. The number of hydrogen-bond donors (Lipinski definition) is 0. The van der Waals surface area contributed by atoms with Crippen LogP contribution in [0.15, 0.2) is 156 Å². The minimum absolute atomic E-state index is 0.0724. The van der Waals surface area contributed by atoms with Crippen LogP contribution < -0.4 is 24.3 Å². The van der Waals surface area contributed by atoms with Crippen molar-refractivity contribution < 1.29 is 9.47 Å². The summed E-state index contributed by atoms with van der Waals surface area (Å²) < 4.78 is 12.4. The van der Waals surface area contributed by atoms with Gasteiger partial charge in [0.2, 0.25) is 0 Å². The van der Waals surface area contributed by atoms with Gasteiger partial charge in [-0.05, 0) is 84.4 Å². The summed E-state index contributed by atoms with van der Waals surface area (Å²) in [4.78, 5) is 4.48. The Bertz CT molecular complexity index is 2000. The quantitative estimate of drug-likeness (QED) is 0.206. The van der Waals surface area contributed by atoms with Gasteiger partial charge in [0, 0.05) is 11.4 Å². The van der Waals surface area contributed by atoms with E-state index in [0.29, 0.717) is 6.54 Å². The second-order valence-corrected chi connectivity index (χ2v) is 11.2. The van der Waals surface area contributed by atoms with E-state index < -0.39 is 0 Å². The lowest BCUT2D eigenvalue weighted by molar-refractivity contribution is 0.476. The molecule has 0 radical (unpaired) electrons. The Hall–Kier alpha value is -6.08. The van der Waals surface area contributed by atoms with Crippen LogP contribution in [0.2, 0.25) is 0 Å². The summed E-state index contributed by atoms with van der Waals surface area (Å²) in [6, 6.07) is 49.5. The maximum atomic E-state index is 6.21. The largest absolute Gasteiger partial charge is 0.453 e. The van der Waals surface area contributed by atoms with Crippen LogP contribution in [0, 0.1) is 0 Å². The fourth-order valence-electron chi connectivity index (χ4n) is 6.29. The maximum Gasteiger partial charge on any atom is 0.151 e. The maximum absolute atomic E-state index is 6.21. The molecule has 3 heterocycles. The van der Waals surface area contributed by atoms with Gasteiger partial charge in [-0.15, -0.1) is 0 Å². The molecular formula is C38H27N5O2. The molecule has 0 amide bonds. The Morgan fingerprint density at radius 1 is 0.467 bits per heavy atom. The van der Waals surface area contributed by atoms with Gasteiger partial charge in [-0.25, -0.2) is 5.01 Å². The van der Waals surface area contributed by atoms with Crippen molar-refractivity contribution in [2.75, 3.05) is 21.4 Å². The van der Waals surface area contributed by atoms with Gasteiger partial charge in [-0.3, -0.25) is 0 Å². The first-order valence-electron chi connectivity index (χ1n) is 15.0. The van der Waals surface area contributed by atoms with E-state index in [9.17, 15) is 0 Å². The van der Waals surface area contributed by atoms with E-state index in [-0.39, 0.29) is 6.04 Å². The van der Waals surface area contributed by atoms with E-state index in [0.717, 1.165) is 68.4 Å². The molecule has 3 aliphatic rings. The lowest BCUT2D eigenvalue weighted by Gasteiger charge is -2.33. The molecule has 0 aromatic heterocycles. The average molecular weight is 586 g/mol. The second kappa shape index (κ2) is 10.3. The van der Waals surface area contributed by atoms with Crippen LogP contribution in [0.4, 0.5) is 39.8 Å². The van der Waals surface area contributed by atoms with Gasteiger partial charge in [0.1, 0.15) is 6.04 Å². The molecule has 1 atom stereocenters. The first kappa shape index (κ1) is 25.4. The summed E-state index contributed by atoms with van der Waals surface area (Å²) in [6.45, 7) is 0.655. The highest BCUT2D eigenvalue weighted by atomic mass is 16.5. The Kier molecular flexibility index (Phi) is 5.81. The van der Waals surface area contributed by atoms with E-state index in [1.165, 1.54) is 0 Å². The van der Waals surface area contributed by atoms with Crippen LogP contribution in [0.25, 0.3) is 0 Å². The predicted octanol–water partition coefficient (Wildman–Crippen LogP) is 10.8. The molecule has 45 heavy (non-hydrogen) atoms. The third-order valence-corrected chi connectivity index (χ3v) is 8.43. The Balaban J connectivity index is 0.985. The van der Waals surface area contributed by atoms with E-state index in [1.807, 2.05) is 77.8 Å². The van der Waals surface area contributed by atoms with Crippen LogP contribution >= 0.6 is 0 Å². The topological polar surface area (TPSA) is 52.9 Å². The lowest BCUT2D eigenvalue weighted by Crippen LogP contribution is -2.18. The Morgan fingerprint density at radius 2 is 0.933 bits per heavy atom. The van der Waals surface area contributed by atoms with Crippen molar-refractivity contribution in [1.29, 1.82) is 0 Å². The van der Waals surface area contributed by atoms with Gasteiger partial charge in [-0.1, -0.05) is 72.0 Å². The number of para-hydroxylation sites is 8. The highest BCUT2D eigenvalue weighted by molar-refractivity contribution is 5.88. The minimum atomic E-state index is -0.0724. The third kappa shape index (κ3) is 4.28. The van der Waals surface area contributed by atoms with Crippen LogP contribution in [-0.2, 0) is 0 Å². The van der Waals surface area contributed by atoms with Gasteiger partial charge >= 0.3 is 0 Å². The summed E-state index contributed by atoms with van der Waals surface area (Å²) in [6.07, 6.45) is 0. The van der Waals surface area contributed by atoms with Crippen molar-refractivity contribution in [2.45, 2.75) is 6.04 Å². The summed E-state index contributed by atoms with van der Waals surface area (Å²) in [5, 5.41) is 11.3. The van der Waals surface area contributed by atoms with Crippen molar-refractivity contribution in [1.82, 2.24) is 0 Å². The van der Waals surface area contributed by atoms with Crippen molar-refractivity contribution >= 4 is 39.8 Å². The molecule has 0 spiro atoms. The van der Waals surface area contributed by atoms with Crippen molar-refractivity contribution in [3.8, 4) is 23.0 Å². The predicted molar refractivity (Wildman–Crippen MR) is 177 cm³/mol. The van der Waals surface area contributed by atoms with Crippen molar-refractivity contribution in [2.24, 2.45) is 10.3 Å². The molecule has 1 unspecified atom stereocenters. The van der Waals surface area contributed by atoms with Crippen LogP contribution in [0.3, 0.4) is 0 Å². The number of fused-ring (bicyclic) bond motifs is 4. The number of anilines is 7. The zero-order chi connectivity index (χ0) is 29.7. The molecule has 0 saturated carbocycles. The number of rotatable bonds is 4. The molecule has 7 nitrogen and oxygen atoms in total.